The lowest BCUT2D eigenvalue weighted by Gasteiger charge is -2.20. The molecule has 1 N–H and O–H groups in total. The standard InChI is InChI=1S/C25H20F2INO11S/c1-12(25(26,27)41(35,36)37)38-24(32)19-11-16(5-7-20(19)29(33)34)39-22(30)17-6-4-15(28)10-21(17)40-23(31)18-9-13-2-3-14(18)8-13/h2-7,10-14,18H,8-9H2,1H3,(H,35,36,37). The maximum atomic E-state index is 13.8. The summed E-state index contributed by atoms with van der Waals surface area (Å²) in [4.78, 5) is 48.8. The molecule has 2 aliphatic rings. The van der Waals surface area contributed by atoms with Crippen molar-refractivity contribution in [2.45, 2.75) is 31.1 Å². The first-order chi connectivity index (χ1) is 19.1. The number of nitro benzene ring substituents is 1. The summed E-state index contributed by atoms with van der Waals surface area (Å²) in [6.07, 6.45) is 2.74. The quantitative estimate of drug-likeness (QED) is 0.0736. The van der Waals surface area contributed by atoms with Gasteiger partial charge in [-0.05, 0) is 78.5 Å². The van der Waals surface area contributed by atoms with E-state index in [9.17, 15) is 41.7 Å². The number of allylic oxidation sites excluding steroid dienone is 2. The molecule has 0 heterocycles. The Labute approximate surface area is 244 Å². The monoisotopic (exact) mass is 707 g/mol. The fraction of sp³-hybridized carbons (Fsp3) is 0.320. The molecule has 41 heavy (non-hydrogen) atoms. The van der Waals surface area contributed by atoms with Crippen LogP contribution in [0, 0.1) is 31.4 Å². The van der Waals surface area contributed by atoms with Gasteiger partial charge in [0.25, 0.3) is 5.69 Å². The highest BCUT2D eigenvalue weighted by Crippen LogP contribution is 2.44. The van der Waals surface area contributed by atoms with E-state index < -0.39 is 61.3 Å². The van der Waals surface area contributed by atoms with Gasteiger partial charge in [-0.15, -0.1) is 0 Å². The third-order valence-corrected chi connectivity index (χ3v) is 8.34. The number of ether oxygens (including phenoxy) is 3. The first kappa shape index (κ1) is 30.4. The molecule has 4 rings (SSSR count). The minimum atomic E-state index is -5.99. The van der Waals surface area contributed by atoms with Gasteiger partial charge >= 0.3 is 33.3 Å². The molecule has 16 heteroatoms. The maximum Gasteiger partial charge on any atom is 0.405 e. The van der Waals surface area contributed by atoms with Crippen LogP contribution in [-0.2, 0) is 19.6 Å². The molecule has 0 aliphatic heterocycles. The summed E-state index contributed by atoms with van der Waals surface area (Å²) in [5.41, 5.74) is -2.06. The largest absolute Gasteiger partial charge is 0.451 e. The van der Waals surface area contributed by atoms with Crippen LogP contribution in [0.1, 0.15) is 40.5 Å². The molecular formula is C25H20F2INO11S. The summed E-state index contributed by atoms with van der Waals surface area (Å²) < 4.78 is 74.0. The Hall–Kier alpha value is -3.51. The molecule has 0 aromatic heterocycles. The van der Waals surface area contributed by atoms with Gasteiger partial charge in [0, 0.05) is 15.7 Å². The number of halogens is 3. The van der Waals surface area contributed by atoms with Gasteiger partial charge in [0.1, 0.15) is 22.6 Å². The summed E-state index contributed by atoms with van der Waals surface area (Å²) in [5, 5.41) is 6.49. The van der Waals surface area contributed by atoms with E-state index in [1.807, 2.05) is 28.7 Å². The van der Waals surface area contributed by atoms with Gasteiger partial charge in [-0.1, -0.05) is 12.2 Å². The zero-order valence-electron chi connectivity index (χ0n) is 20.9. The fourth-order valence-electron chi connectivity index (χ4n) is 4.55. The zero-order chi connectivity index (χ0) is 30.3. The number of benzene rings is 2. The molecule has 2 aromatic rings. The second-order valence-corrected chi connectivity index (χ2v) is 12.1. The average molecular weight is 707 g/mol. The maximum absolute atomic E-state index is 13.8. The lowest BCUT2D eigenvalue weighted by molar-refractivity contribution is -0.385. The summed E-state index contributed by atoms with van der Waals surface area (Å²) in [6, 6.07) is 6.65. The Morgan fingerprint density at radius 1 is 1.07 bits per heavy atom. The van der Waals surface area contributed by atoms with E-state index in [4.69, 9.17) is 14.0 Å². The van der Waals surface area contributed by atoms with Gasteiger partial charge in [0.05, 0.1) is 10.8 Å². The minimum Gasteiger partial charge on any atom is -0.451 e. The molecule has 4 unspecified atom stereocenters. The van der Waals surface area contributed by atoms with Crippen LogP contribution in [0.15, 0.2) is 48.6 Å². The first-order valence-corrected chi connectivity index (χ1v) is 14.4. The molecule has 0 saturated heterocycles. The van der Waals surface area contributed by atoms with Gasteiger partial charge in [-0.25, -0.2) is 9.59 Å². The van der Waals surface area contributed by atoms with Gasteiger partial charge in [0.15, 0.2) is 6.10 Å². The van der Waals surface area contributed by atoms with Crippen molar-refractivity contribution >= 4 is 56.3 Å². The average Bonchev–Trinajstić information content (AvgIpc) is 3.52. The van der Waals surface area contributed by atoms with E-state index in [0.717, 1.165) is 18.6 Å². The van der Waals surface area contributed by atoms with Crippen LogP contribution in [-0.4, -0.2) is 47.2 Å². The summed E-state index contributed by atoms with van der Waals surface area (Å²) in [5.74, 6) is -3.92. The number of carbonyl (C=O) groups is 3. The number of esters is 3. The van der Waals surface area contributed by atoms with Crippen LogP contribution in [0.5, 0.6) is 11.5 Å². The number of nitrogens with zero attached hydrogens (tertiary/aromatic N) is 1. The SMILES string of the molecule is CC(OC(=O)c1cc(OC(=O)c2ccc(I)cc2OC(=O)C2CC3C=CC2C3)ccc1[N+](=O)[O-])C(F)(F)S(=O)(=O)O. The number of nitro groups is 1. The highest BCUT2D eigenvalue weighted by atomic mass is 127. The van der Waals surface area contributed by atoms with E-state index in [-0.39, 0.29) is 23.1 Å². The van der Waals surface area contributed by atoms with E-state index >= 15 is 0 Å². The van der Waals surface area contributed by atoms with Gasteiger partial charge in [-0.2, -0.15) is 17.2 Å². The van der Waals surface area contributed by atoms with Gasteiger partial charge < -0.3 is 14.2 Å². The van der Waals surface area contributed by atoms with Crippen molar-refractivity contribution in [3.05, 3.63) is 73.4 Å². The second kappa shape index (κ2) is 11.4. The van der Waals surface area contributed by atoms with Crippen LogP contribution in [0.4, 0.5) is 14.5 Å². The predicted octanol–water partition coefficient (Wildman–Crippen LogP) is 4.56. The number of hydrogen-bond acceptors (Lipinski definition) is 10. The van der Waals surface area contributed by atoms with E-state index in [1.165, 1.54) is 18.2 Å². The minimum absolute atomic E-state index is 0.0455. The van der Waals surface area contributed by atoms with Crippen molar-refractivity contribution in [1.82, 2.24) is 0 Å². The van der Waals surface area contributed by atoms with Crippen LogP contribution >= 0.6 is 22.6 Å². The molecule has 218 valence electrons. The predicted molar refractivity (Wildman–Crippen MR) is 143 cm³/mol. The number of fused-ring (bicyclic) bond motifs is 2. The van der Waals surface area contributed by atoms with Crippen LogP contribution in [0.25, 0.3) is 0 Å². The Kier molecular flexibility index (Phi) is 8.47. The molecule has 0 radical (unpaired) electrons. The normalized spacial score (nSPS) is 20.4. The van der Waals surface area contributed by atoms with Crippen molar-refractivity contribution in [2.24, 2.45) is 17.8 Å². The van der Waals surface area contributed by atoms with E-state index in [1.54, 1.807) is 0 Å². The van der Waals surface area contributed by atoms with Crippen molar-refractivity contribution in [2.75, 3.05) is 0 Å². The lowest BCUT2D eigenvalue weighted by Crippen LogP contribution is -2.42. The van der Waals surface area contributed by atoms with Gasteiger partial charge in [-0.3, -0.25) is 19.5 Å². The highest BCUT2D eigenvalue weighted by Gasteiger charge is 2.52. The Balaban J connectivity index is 1.56. The molecule has 1 saturated carbocycles. The summed E-state index contributed by atoms with van der Waals surface area (Å²) in [6.45, 7) is 0.452. The van der Waals surface area contributed by atoms with E-state index in [2.05, 4.69) is 10.8 Å². The Morgan fingerprint density at radius 3 is 2.37 bits per heavy atom. The van der Waals surface area contributed by atoms with Crippen molar-refractivity contribution in [3.63, 3.8) is 0 Å². The number of carbonyl (C=O) groups excluding carboxylic acids is 3. The van der Waals surface area contributed by atoms with Crippen LogP contribution in [0.2, 0.25) is 0 Å². The lowest BCUT2D eigenvalue weighted by atomic mass is 9.94. The zero-order valence-corrected chi connectivity index (χ0v) is 23.8. The van der Waals surface area contributed by atoms with Crippen LogP contribution < -0.4 is 9.47 Å². The molecule has 2 aromatic carbocycles. The molecule has 4 atom stereocenters. The topological polar surface area (TPSA) is 176 Å². The molecule has 2 aliphatic carbocycles. The molecule has 0 spiro atoms. The number of alkyl halides is 2. The fourth-order valence-corrected chi connectivity index (χ4v) is 5.48. The Bertz CT molecular complexity index is 1580. The molecule has 1 fully saturated rings. The van der Waals surface area contributed by atoms with Crippen LogP contribution in [0.3, 0.4) is 0 Å². The van der Waals surface area contributed by atoms with Crippen molar-refractivity contribution < 1.29 is 55.3 Å². The smallest absolute Gasteiger partial charge is 0.405 e. The van der Waals surface area contributed by atoms with Crippen molar-refractivity contribution in [3.8, 4) is 11.5 Å². The highest BCUT2D eigenvalue weighted by molar-refractivity contribution is 14.1. The first-order valence-electron chi connectivity index (χ1n) is 11.8. The number of rotatable bonds is 9. The Morgan fingerprint density at radius 2 is 1.78 bits per heavy atom. The molecular weight excluding hydrogens is 687 g/mol. The second-order valence-electron chi connectivity index (χ2n) is 9.36. The van der Waals surface area contributed by atoms with Crippen molar-refractivity contribution in [1.29, 1.82) is 0 Å². The molecule has 0 amide bonds. The van der Waals surface area contributed by atoms with E-state index in [0.29, 0.717) is 28.9 Å². The summed E-state index contributed by atoms with van der Waals surface area (Å²) >= 11 is 1.95. The van der Waals surface area contributed by atoms with Gasteiger partial charge in [0.2, 0.25) is 0 Å². The summed E-state index contributed by atoms with van der Waals surface area (Å²) in [7, 11) is -5.99. The third kappa shape index (κ3) is 6.38. The molecule has 12 nitrogen and oxygen atoms in total. The molecule has 2 bridgehead atoms. The number of hydrogen-bond donors (Lipinski definition) is 1. The third-order valence-electron chi connectivity index (χ3n) is 6.65.